The molecule has 0 spiro atoms. The fourth-order valence-corrected chi connectivity index (χ4v) is 7.44. The van der Waals surface area contributed by atoms with Gasteiger partial charge in [0.25, 0.3) is 5.91 Å². The van der Waals surface area contributed by atoms with Crippen LogP contribution in [-0.4, -0.2) is 72.9 Å². The van der Waals surface area contributed by atoms with Crippen LogP contribution in [-0.2, 0) is 22.6 Å². The van der Waals surface area contributed by atoms with Crippen molar-refractivity contribution in [3.05, 3.63) is 95.8 Å². The lowest BCUT2D eigenvalue weighted by atomic mass is 10.0. The standard InChI is InChI=1S/C38H38N8O4/c39-35-33-34(25-9-11-29(12-10-25)50-28-6-2-1-3-7-28)43-46(36(33)41-23-40-35)27-16-19-44(20-17-27)18-4-5-24-8-13-30-26(21-24)22-45(38(30)49)31-14-15-32(47)42-37(31)48/h1-3,6-13,21,23,27,31H,4-5,14-20,22H2,(H2,39,40,41)(H,42,47,48). The molecule has 0 aliphatic carbocycles. The van der Waals surface area contributed by atoms with Crippen LogP contribution in [0.1, 0.15) is 59.6 Å². The van der Waals surface area contributed by atoms with E-state index in [1.165, 1.54) is 11.9 Å². The van der Waals surface area contributed by atoms with Crippen LogP contribution >= 0.6 is 0 Å². The van der Waals surface area contributed by atoms with Crippen LogP contribution in [0.25, 0.3) is 22.3 Å². The molecule has 254 valence electrons. The highest BCUT2D eigenvalue weighted by molar-refractivity contribution is 6.05. The number of carbonyl (C=O) groups excluding carboxylic acids is 3. The number of ether oxygens (including phenoxy) is 1. The van der Waals surface area contributed by atoms with Gasteiger partial charge in [0.05, 0.1) is 11.4 Å². The zero-order valence-corrected chi connectivity index (χ0v) is 27.6. The highest BCUT2D eigenvalue weighted by Crippen LogP contribution is 2.35. The van der Waals surface area contributed by atoms with E-state index in [0.717, 1.165) is 84.7 Å². The van der Waals surface area contributed by atoms with Gasteiger partial charge >= 0.3 is 0 Å². The molecule has 1 atom stereocenters. The van der Waals surface area contributed by atoms with Gasteiger partial charge in [-0.3, -0.25) is 19.7 Å². The van der Waals surface area contributed by atoms with Gasteiger partial charge in [-0.05, 0) is 92.2 Å². The molecule has 0 saturated carbocycles. The summed E-state index contributed by atoms with van der Waals surface area (Å²) in [4.78, 5) is 50.0. The number of aromatic nitrogens is 4. The molecule has 1 unspecified atom stereocenters. The van der Waals surface area contributed by atoms with Gasteiger partial charge in [0.2, 0.25) is 11.8 Å². The molecule has 12 nitrogen and oxygen atoms in total. The molecule has 0 radical (unpaired) electrons. The maximum absolute atomic E-state index is 13.0. The van der Waals surface area contributed by atoms with E-state index in [4.69, 9.17) is 15.6 Å². The second kappa shape index (κ2) is 13.4. The summed E-state index contributed by atoms with van der Waals surface area (Å²) < 4.78 is 8.02. The number of amides is 3. The Morgan fingerprint density at radius 1 is 0.900 bits per heavy atom. The third kappa shape index (κ3) is 6.18. The van der Waals surface area contributed by atoms with Crippen molar-refractivity contribution in [2.24, 2.45) is 0 Å². The van der Waals surface area contributed by atoms with Gasteiger partial charge in [-0.15, -0.1) is 0 Å². The summed E-state index contributed by atoms with van der Waals surface area (Å²) in [7, 11) is 0. The Morgan fingerprint density at radius 2 is 1.68 bits per heavy atom. The number of nitrogens with zero attached hydrogens (tertiary/aromatic N) is 6. The fraction of sp³-hybridized carbons (Fsp3) is 0.316. The first-order chi connectivity index (χ1) is 24.4. The van der Waals surface area contributed by atoms with Crippen LogP contribution in [0.3, 0.4) is 0 Å². The number of imide groups is 1. The number of aryl methyl sites for hydroxylation is 1. The summed E-state index contributed by atoms with van der Waals surface area (Å²) in [6.45, 7) is 3.28. The molecule has 3 aliphatic heterocycles. The van der Waals surface area contributed by atoms with Crippen molar-refractivity contribution in [3.63, 3.8) is 0 Å². The van der Waals surface area contributed by atoms with Crippen LogP contribution in [0.5, 0.6) is 11.5 Å². The minimum Gasteiger partial charge on any atom is -0.457 e. The normalized spacial score (nSPS) is 18.4. The lowest BCUT2D eigenvalue weighted by Gasteiger charge is -2.32. The summed E-state index contributed by atoms with van der Waals surface area (Å²) >= 11 is 0. The minimum atomic E-state index is -0.595. The van der Waals surface area contributed by atoms with Gasteiger partial charge in [0, 0.05) is 37.2 Å². The van der Waals surface area contributed by atoms with Gasteiger partial charge < -0.3 is 20.3 Å². The number of likely N-dealkylation sites (tertiary alicyclic amines) is 1. The number of nitrogen functional groups attached to an aromatic ring is 1. The number of carbonyl (C=O) groups is 3. The molecule has 2 aromatic heterocycles. The molecule has 12 heteroatoms. The summed E-state index contributed by atoms with van der Waals surface area (Å²) in [5.41, 5.74) is 11.6. The molecular formula is C38H38N8O4. The number of hydrogen-bond donors (Lipinski definition) is 2. The number of rotatable bonds is 9. The number of para-hydroxylation sites is 1. The average molecular weight is 671 g/mol. The monoisotopic (exact) mass is 670 g/mol. The molecule has 2 fully saturated rings. The Hall–Kier alpha value is -5.62. The van der Waals surface area contributed by atoms with Gasteiger partial charge in [-0.2, -0.15) is 5.10 Å². The molecule has 8 rings (SSSR count). The molecule has 3 amide bonds. The van der Waals surface area contributed by atoms with Gasteiger partial charge in [-0.1, -0.05) is 30.3 Å². The van der Waals surface area contributed by atoms with Crippen molar-refractivity contribution >= 4 is 34.6 Å². The molecule has 5 heterocycles. The van der Waals surface area contributed by atoms with E-state index < -0.39 is 6.04 Å². The minimum absolute atomic E-state index is 0.138. The molecule has 0 bridgehead atoms. The zero-order valence-electron chi connectivity index (χ0n) is 27.6. The van der Waals surface area contributed by atoms with Gasteiger partial charge in [0.1, 0.15) is 35.4 Å². The maximum atomic E-state index is 13.0. The highest BCUT2D eigenvalue weighted by atomic mass is 16.5. The predicted molar refractivity (Wildman–Crippen MR) is 187 cm³/mol. The SMILES string of the molecule is Nc1ncnc2c1c(-c1ccc(Oc3ccccc3)cc1)nn2C1CCN(CCCc2ccc3c(c2)CN(C2CCC(=O)NC2=O)C3=O)CC1. The van der Waals surface area contributed by atoms with Crippen LogP contribution in [0.15, 0.2) is 79.1 Å². The maximum Gasteiger partial charge on any atom is 0.255 e. The van der Waals surface area contributed by atoms with Crippen LogP contribution in [0.4, 0.5) is 5.82 Å². The van der Waals surface area contributed by atoms with E-state index in [2.05, 4.69) is 26.3 Å². The largest absolute Gasteiger partial charge is 0.457 e. The van der Waals surface area contributed by atoms with Crippen LogP contribution in [0, 0.1) is 0 Å². The zero-order chi connectivity index (χ0) is 34.2. The van der Waals surface area contributed by atoms with E-state index in [9.17, 15) is 14.4 Å². The smallest absolute Gasteiger partial charge is 0.255 e. The molecule has 5 aromatic rings. The molecule has 3 aromatic carbocycles. The van der Waals surface area contributed by atoms with E-state index >= 15 is 0 Å². The number of nitrogens with one attached hydrogen (secondary N) is 1. The Kier molecular flexibility index (Phi) is 8.45. The van der Waals surface area contributed by atoms with Gasteiger partial charge in [-0.25, -0.2) is 14.6 Å². The van der Waals surface area contributed by atoms with E-state index in [-0.39, 0.29) is 30.2 Å². The second-order valence-electron chi connectivity index (χ2n) is 13.3. The van der Waals surface area contributed by atoms with Crippen molar-refractivity contribution in [1.82, 2.24) is 34.9 Å². The van der Waals surface area contributed by atoms with Crippen LogP contribution in [0.2, 0.25) is 0 Å². The summed E-state index contributed by atoms with van der Waals surface area (Å²) in [6.07, 6.45) is 5.92. The third-order valence-corrected chi connectivity index (χ3v) is 10.1. The van der Waals surface area contributed by atoms with Crippen molar-refractivity contribution < 1.29 is 19.1 Å². The summed E-state index contributed by atoms with van der Waals surface area (Å²) in [5, 5.41) is 8.20. The predicted octanol–water partition coefficient (Wildman–Crippen LogP) is 4.90. The Bertz CT molecular complexity index is 2070. The first-order valence-electron chi connectivity index (χ1n) is 17.2. The highest BCUT2D eigenvalue weighted by Gasteiger charge is 2.39. The second-order valence-corrected chi connectivity index (χ2v) is 13.3. The number of hydrogen-bond acceptors (Lipinski definition) is 9. The number of piperidine rings is 2. The van der Waals surface area contributed by atoms with Crippen molar-refractivity contribution in [2.75, 3.05) is 25.4 Å². The molecule has 3 N–H and O–H groups in total. The average Bonchev–Trinajstić information content (AvgIpc) is 3.68. The van der Waals surface area contributed by atoms with Crippen molar-refractivity contribution in [2.45, 2.75) is 57.2 Å². The van der Waals surface area contributed by atoms with E-state index in [0.29, 0.717) is 24.3 Å². The Morgan fingerprint density at radius 3 is 2.46 bits per heavy atom. The number of fused-ring (bicyclic) bond motifs is 2. The number of anilines is 1. The lowest BCUT2D eigenvalue weighted by molar-refractivity contribution is -0.136. The summed E-state index contributed by atoms with van der Waals surface area (Å²) in [5.74, 6) is 1.13. The number of benzene rings is 3. The molecular weight excluding hydrogens is 632 g/mol. The fourth-order valence-electron chi connectivity index (χ4n) is 7.44. The van der Waals surface area contributed by atoms with Crippen molar-refractivity contribution in [3.8, 4) is 22.8 Å². The van der Waals surface area contributed by atoms with E-state index in [1.807, 2.05) is 71.4 Å². The first kappa shape index (κ1) is 31.6. The first-order valence-corrected chi connectivity index (χ1v) is 17.2. The molecule has 50 heavy (non-hydrogen) atoms. The Labute approximate surface area is 289 Å². The summed E-state index contributed by atoms with van der Waals surface area (Å²) in [6, 6.07) is 23.1. The molecule has 2 saturated heterocycles. The van der Waals surface area contributed by atoms with E-state index in [1.54, 1.807) is 4.90 Å². The van der Waals surface area contributed by atoms with Crippen molar-refractivity contribution in [1.29, 1.82) is 0 Å². The topological polar surface area (TPSA) is 149 Å². The quantitative estimate of drug-likeness (QED) is 0.209. The third-order valence-electron chi connectivity index (χ3n) is 10.1. The van der Waals surface area contributed by atoms with Gasteiger partial charge in [0.15, 0.2) is 5.65 Å². The Balaban J connectivity index is 0.881. The van der Waals surface area contributed by atoms with Crippen LogP contribution < -0.4 is 15.8 Å². The number of nitrogens with two attached hydrogens (primary N) is 1. The lowest BCUT2D eigenvalue weighted by Crippen LogP contribution is -2.52. The molecule has 3 aliphatic rings.